The summed E-state index contributed by atoms with van der Waals surface area (Å²) in [5, 5.41) is 3.32. The molecule has 1 N–H and O–H groups in total. The predicted molar refractivity (Wildman–Crippen MR) is 90.3 cm³/mol. The lowest BCUT2D eigenvalue weighted by atomic mass is 10.2. The van der Waals surface area contributed by atoms with Gasteiger partial charge in [0.1, 0.15) is 6.54 Å². The molecule has 0 radical (unpaired) electrons. The molecule has 0 bridgehead atoms. The fourth-order valence-electron chi connectivity index (χ4n) is 2.21. The van der Waals surface area contributed by atoms with Crippen LogP contribution in [0.5, 0.6) is 0 Å². The summed E-state index contributed by atoms with van der Waals surface area (Å²) >= 11 is 2.70. The third-order valence-electron chi connectivity index (χ3n) is 3.26. The van der Waals surface area contributed by atoms with Gasteiger partial charge in [0.15, 0.2) is 5.13 Å². The summed E-state index contributed by atoms with van der Waals surface area (Å²) in [6, 6.07) is 9.96. The summed E-state index contributed by atoms with van der Waals surface area (Å²) in [4.78, 5) is 30.5. The average molecular weight is 333 g/mol. The first-order valence-corrected chi connectivity index (χ1v) is 8.68. The third kappa shape index (κ3) is 3.31. The summed E-state index contributed by atoms with van der Waals surface area (Å²) in [5.41, 5.74) is 1.98. The van der Waals surface area contributed by atoms with Crippen LogP contribution >= 0.6 is 23.1 Å². The van der Waals surface area contributed by atoms with Gasteiger partial charge in [-0.3, -0.25) is 9.59 Å². The van der Waals surface area contributed by atoms with Crippen molar-refractivity contribution in [2.75, 3.05) is 24.2 Å². The molecule has 0 saturated carbocycles. The lowest BCUT2D eigenvalue weighted by Gasteiger charge is -2.12. The topological polar surface area (TPSA) is 62.3 Å². The SMILES string of the molecule is Cc1nc(NC(=O)CN2CCSC2=O)sc1-c1ccccc1. The zero-order valence-corrected chi connectivity index (χ0v) is 13.7. The number of thiazole rings is 1. The van der Waals surface area contributed by atoms with Gasteiger partial charge in [-0.15, -0.1) is 0 Å². The maximum Gasteiger partial charge on any atom is 0.282 e. The molecule has 0 unspecified atom stereocenters. The van der Waals surface area contributed by atoms with Crippen LogP contribution in [-0.4, -0.2) is 39.9 Å². The molecule has 7 heteroatoms. The Morgan fingerprint density at radius 2 is 2.14 bits per heavy atom. The third-order valence-corrected chi connectivity index (χ3v) is 5.27. The van der Waals surface area contributed by atoms with Gasteiger partial charge >= 0.3 is 0 Å². The second-order valence-corrected chi connectivity index (χ2v) is 6.93. The van der Waals surface area contributed by atoms with Gasteiger partial charge in [0.2, 0.25) is 5.91 Å². The van der Waals surface area contributed by atoms with Crippen LogP contribution in [0, 0.1) is 6.92 Å². The van der Waals surface area contributed by atoms with Crippen molar-refractivity contribution in [1.29, 1.82) is 0 Å². The molecule has 2 heterocycles. The van der Waals surface area contributed by atoms with Crippen molar-refractivity contribution in [3.63, 3.8) is 0 Å². The second-order valence-electron chi connectivity index (χ2n) is 4.88. The highest BCUT2D eigenvalue weighted by Gasteiger charge is 2.23. The number of aromatic nitrogens is 1. The Morgan fingerprint density at radius 1 is 1.36 bits per heavy atom. The molecule has 0 aliphatic carbocycles. The largest absolute Gasteiger partial charge is 0.323 e. The fraction of sp³-hybridized carbons (Fsp3) is 0.267. The van der Waals surface area contributed by atoms with Crippen LogP contribution in [0.3, 0.4) is 0 Å². The molecule has 2 amide bonds. The summed E-state index contributed by atoms with van der Waals surface area (Å²) in [5.74, 6) is 0.546. The van der Waals surface area contributed by atoms with Crippen molar-refractivity contribution in [3.05, 3.63) is 36.0 Å². The van der Waals surface area contributed by atoms with Crippen molar-refractivity contribution < 1.29 is 9.59 Å². The molecule has 1 saturated heterocycles. The van der Waals surface area contributed by atoms with Gasteiger partial charge < -0.3 is 10.2 Å². The van der Waals surface area contributed by atoms with E-state index in [4.69, 9.17) is 0 Å². The van der Waals surface area contributed by atoms with Gasteiger partial charge in [-0.25, -0.2) is 4.98 Å². The molecular weight excluding hydrogens is 318 g/mol. The van der Waals surface area contributed by atoms with Crippen LogP contribution in [0.1, 0.15) is 5.69 Å². The van der Waals surface area contributed by atoms with Crippen molar-refractivity contribution in [2.45, 2.75) is 6.92 Å². The van der Waals surface area contributed by atoms with Crippen molar-refractivity contribution in [3.8, 4) is 10.4 Å². The molecule has 1 aliphatic heterocycles. The summed E-state index contributed by atoms with van der Waals surface area (Å²) < 4.78 is 0. The van der Waals surface area contributed by atoms with Gasteiger partial charge in [0.25, 0.3) is 5.24 Å². The van der Waals surface area contributed by atoms with E-state index in [2.05, 4.69) is 10.3 Å². The molecule has 1 fully saturated rings. The molecule has 2 aromatic rings. The predicted octanol–water partition coefficient (Wildman–Crippen LogP) is 3.23. The van der Waals surface area contributed by atoms with E-state index in [1.807, 2.05) is 37.3 Å². The standard InChI is InChI=1S/C15H15N3O2S2/c1-10-13(11-5-3-2-4-6-11)22-14(16-10)17-12(19)9-18-7-8-21-15(18)20/h2-6H,7-9H2,1H3,(H,16,17,19). The number of rotatable bonds is 4. The van der Waals surface area contributed by atoms with Gasteiger partial charge in [0.05, 0.1) is 10.6 Å². The molecule has 0 atom stereocenters. The smallest absolute Gasteiger partial charge is 0.282 e. The maximum absolute atomic E-state index is 12.0. The number of anilines is 1. The summed E-state index contributed by atoms with van der Waals surface area (Å²) in [7, 11) is 0. The first-order valence-electron chi connectivity index (χ1n) is 6.88. The highest BCUT2D eigenvalue weighted by molar-refractivity contribution is 8.13. The number of carbonyl (C=O) groups is 2. The number of hydrogen-bond acceptors (Lipinski definition) is 5. The quantitative estimate of drug-likeness (QED) is 0.933. The number of benzene rings is 1. The molecule has 3 rings (SSSR count). The fourth-order valence-corrected chi connectivity index (χ4v) is 4.02. The Balaban J connectivity index is 1.68. The molecule has 114 valence electrons. The van der Waals surface area contributed by atoms with Gasteiger partial charge in [-0.1, -0.05) is 53.4 Å². The number of aryl methyl sites for hydroxylation is 1. The number of thioether (sulfide) groups is 1. The molecule has 5 nitrogen and oxygen atoms in total. The average Bonchev–Trinajstić information content (AvgIpc) is 3.06. The molecular formula is C15H15N3O2S2. The molecule has 0 spiro atoms. The zero-order valence-electron chi connectivity index (χ0n) is 12.0. The van der Waals surface area contributed by atoms with Crippen molar-refractivity contribution >= 4 is 39.4 Å². The van der Waals surface area contributed by atoms with Crippen LogP contribution in [0.25, 0.3) is 10.4 Å². The Hall–Kier alpha value is -1.86. The first kappa shape index (κ1) is 15.1. The van der Waals surface area contributed by atoms with E-state index in [-0.39, 0.29) is 17.7 Å². The molecule has 1 aromatic carbocycles. The number of amides is 2. The van der Waals surface area contributed by atoms with E-state index < -0.39 is 0 Å². The van der Waals surface area contributed by atoms with Crippen molar-refractivity contribution in [2.24, 2.45) is 0 Å². The minimum atomic E-state index is -0.204. The highest BCUT2D eigenvalue weighted by atomic mass is 32.2. The van der Waals surface area contributed by atoms with Crippen molar-refractivity contribution in [1.82, 2.24) is 9.88 Å². The molecule has 22 heavy (non-hydrogen) atoms. The van der Waals surface area contributed by atoms with Crippen LogP contribution in [0.2, 0.25) is 0 Å². The Labute approximate surface area is 136 Å². The maximum atomic E-state index is 12.0. The number of nitrogens with one attached hydrogen (secondary N) is 1. The zero-order chi connectivity index (χ0) is 15.5. The lowest BCUT2D eigenvalue weighted by molar-refractivity contribution is -0.116. The highest BCUT2D eigenvalue weighted by Crippen LogP contribution is 2.32. The number of nitrogens with zero attached hydrogens (tertiary/aromatic N) is 2. The van der Waals surface area contributed by atoms with Gasteiger partial charge in [-0.05, 0) is 12.5 Å². The normalized spacial score (nSPS) is 14.4. The monoisotopic (exact) mass is 333 g/mol. The first-order chi connectivity index (χ1) is 10.6. The number of hydrogen-bond donors (Lipinski definition) is 1. The van der Waals surface area contributed by atoms with Gasteiger partial charge in [0, 0.05) is 12.3 Å². The summed E-state index contributed by atoms with van der Waals surface area (Å²) in [6.45, 7) is 2.64. The van der Waals surface area contributed by atoms with E-state index in [0.717, 1.165) is 21.9 Å². The van der Waals surface area contributed by atoms with Crippen LogP contribution in [-0.2, 0) is 4.79 Å². The van der Waals surface area contributed by atoms with Crippen LogP contribution < -0.4 is 5.32 Å². The minimum Gasteiger partial charge on any atom is -0.323 e. The molecule has 1 aromatic heterocycles. The lowest BCUT2D eigenvalue weighted by Crippen LogP contribution is -2.33. The van der Waals surface area contributed by atoms with E-state index >= 15 is 0 Å². The van der Waals surface area contributed by atoms with E-state index in [1.165, 1.54) is 23.1 Å². The Kier molecular flexibility index (Phi) is 4.44. The van der Waals surface area contributed by atoms with Gasteiger partial charge in [-0.2, -0.15) is 0 Å². The second kappa shape index (κ2) is 6.50. The summed E-state index contributed by atoms with van der Waals surface area (Å²) in [6.07, 6.45) is 0. The number of carbonyl (C=O) groups excluding carboxylic acids is 2. The van der Waals surface area contributed by atoms with E-state index in [1.54, 1.807) is 4.90 Å². The van der Waals surface area contributed by atoms with Crippen LogP contribution in [0.4, 0.5) is 9.93 Å². The van der Waals surface area contributed by atoms with Crippen LogP contribution in [0.15, 0.2) is 30.3 Å². The Morgan fingerprint density at radius 3 is 2.82 bits per heavy atom. The molecule has 1 aliphatic rings. The minimum absolute atomic E-state index is 0.0320. The van der Waals surface area contributed by atoms with E-state index in [0.29, 0.717) is 11.7 Å². The van der Waals surface area contributed by atoms with E-state index in [9.17, 15) is 9.59 Å². The Bertz CT molecular complexity index is 700.